The zero-order chi connectivity index (χ0) is 26.2. The Bertz CT molecular complexity index is 1400. The van der Waals surface area contributed by atoms with Crippen LogP contribution in [0.5, 0.6) is 0 Å². The number of benzene rings is 4. The predicted octanol–water partition coefficient (Wildman–Crippen LogP) is 7.02. The van der Waals surface area contributed by atoms with Crippen LogP contribution in [0.25, 0.3) is 11.1 Å². The van der Waals surface area contributed by atoms with Crippen LogP contribution in [0.15, 0.2) is 84.9 Å². The van der Waals surface area contributed by atoms with Gasteiger partial charge in [-0.05, 0) is 85.3 Å². The first-order chi connectivity index (χ1) is 17.9. The number of carbonyl (C=O) groups excluding carboxylic acids is 2. The summed E-state index contributed by atoms with van der Waals surface area (Å²) in [6.45, 7) is 8.39. The SMILES string of the molecule is CCOC(=O)c1cccc(C2(c3cccc(C(=O)OCC)c3)c3cc(C)ccc3-c3ccc(C)cc32)c1. The molecule has 186 valence electrons. The molecule has 0 N–H and O–H groups in total. The average Bonchev–Trinajstić information content (AvgIpc) is 3.18. The summed E-state index contributed by atoms with van der Waals surface area (Å²) >= 11 is 0. The molecule has 0 amide bonds. The first-order valence-electron chi connectivity index (χ1n) is 12.7. The van der Waals surface area contributed by atoms with Crippen molar-refractivity contribution < 1.29 is 19.1 Å². The molecule has 0 aromatic heterocycles. The van der Waals surface area contributed by atoms with Gasteiger partial charge in [-0.25, -0.2) is 9.59 Å². The van der Waals surface area contributed by atoms with Crippen molar-refractivity contribution in [1.82, 2.24) is 0 Å². The average molecular weight is 491 g/mol. The summed E-state index contributed by atoms with van der Waals surface area (Å²) in [6, 6.07) is 28.4. The molecule has 0 unspecified atom stereocenters. The van der Waals surface area contributed by atoms with Crippen LogP contribution >= 0.6 is 0 Å². The normalized spacial score (nSPS) is 13.0. The fourth-order valence-electron chi connectivity index (χ4n) is 5.53. The van der Waals surface area contributed by atoms with Gasteiger partial charge < -0.3 is 9.47 Å². The summed E-state index contributed by atoms with van der Waals surface area (Å²) in [4.78, 5) is 25.6. The molecule has 4 heteroatoms. The summed E-state index contributed by atoms with van der Waals surface area (Å²) < 4.78 is 10.7. The molecule has 1 aliphatic carbocycles. The Kier molecular flexibility index (Phi) is 6.43. The molecule has 1 aliphatic rings. The van der Waals surface area contributed by atoms with Crippen molar-refractivity contribution in [3.8, 4) is 11.1 Å². The van der Waals surface area contributed by atoms with Gasteiger partial charge in [-0.1, -0.05) is 71.8 Å². The molecule has 0 saturated heterocycles. The molecule has 37 heavy (non-hydrogen) atoms. The molecule has 4 aromatic rings. The van der Waals surface area contributed by atoms with Crippen molar-refractivity contribution in [2.75, 3.05) is 13.2 Å². The van der Waals surface area contributed by atoms with E-state index in [1.807, 2.05) is 24.3 Å². The lowest BCUT2D eigenvalue weighted by Crippen LogP contribution is -2.29. The zero-order valence-corrected chi connectivity index (χ0v) is 21.6. The molecule has 0 fully saturated rings. The molecule has 0 atom stereocenters. The Hall–Kier alpha value is -4.18. The number of carbonyl (C=O) groups is 2. The molecule has 0 aliphatic heterocycles. The highest BCUT2D eigenvalue weighted by molar-refractivity contribution is 5.93. The molecule has 0 saturated carbocycles. The van der Waals surface area contributed by atoms with Gasteiger partial charge in [0, 0.05) is 0 Å². The first kappa shape index (κ1) is 24.5. The van der Waals surface area contributed by atoms with Gasteiger partial charge in [0.05, 0.1) is 29.8 Å². The van der Waals surface area contributed by atoms with Gasteiger partial charge in [0.15, 0.2) is 0 Å². The van der Waals surface area contributed by atoms with E-state index in [-0.39, 0.29) is 11.9 Å². The quantitative estimate of drug-likeness (QED) is 0.240. The molecular formula is C33H30O4. The summed E-state index contributed by atoms with van der Waals surface area (Å²) in [5.41, 5.74) is 8.93. The Morgan fingerprint density at radius 1 is 0.622 bits per heavy atom. The third-order valence-electron chi connectivity index (χ3n) is 7.06. The Labute approximate surface area is 217 Å². The largest absolute Gasteiger partial charge is 0.462 e. The lowest BCUT2D eigenvalue weighted by molar-refractivity contribution is 0.0517. The van der Waals surface area contributed by atoms with Gasteiger partial charge in [-0.3, -0.25) is 0 Å². The third kappa shape index (κ3) is 4.03. The summed E-state index contributed by atoms with van der Waals surface area (Å²) in [7, 11) is 0. The van der Waals surface area contributed by atoms with E-state index in [1.54, 1.807) is 26.0 Å². The van der Waals surface area contributed by atoms with Crippen LogP contribution in [0.3, 0.4) is 0 Å². The number of fused-ring (bicyclic) bond motifs is 3. The van der Waals surface area contributed by atoms with Crippen molar-refractivity contribution in [3.05, 3.63) is 129 Å². The third-order valence-corrected chi connectivity index (χ3v) is 7.06. The number of rotatable bonds is 6. The minimum Gasteiger partial charge on any atom is -0.462 e. The van der Waals surface area contributed by atoms with E-state index in [4.69, 9.17) is 9.47 Å². The van der Waals surface area contributed by atoms with E-state index in [1.165, 1.54) is 0 Å². The maximum Gasteiger partial charge on any atom is 0.338 e. The second-order valence-corrected chi connectivity index (χ2v) is 9.45. The molecule has 4 aromatic carbocycles. The lowest BCUT2D eigenvalue weighted by Gasteiger charge is -2.34. The topological polar surface area (TPSA) is 52.6 Å². The van der Waals surface area contributed by atoms with Gasteiger partial charge in [-0.15, -0.1) is 0 Å². The molecule has 0 bridgehead atoms. The summed E-state index contributed by atoms with van der Waals surface area (Å²) in [6.07, 6.45) is 0. The van der Waals surface area contributed by atoms with Gasteiger partial charge in [0.2, 0.25) is 0 Å². The highest BCUT2D eigenvalue weighted by atomic mass is 16.5. The molecule has 0 spiro atoms. The van der Waals surface area contributed by atoms with Crippen LogP contribution < -0.4 is 0 Å². The van der Waals surface area contributed by atoms with E-state index in [0.29, 0.717) is 24.3 Å². The minimum atomic E-state index is -0.742. The van der Waals surface area contributed by atoms with Crippen molar-refractivity contribution in [1.29, 1.82) is 0 Å². The van der Waals surface area contributed by atoms with Crippen molar-refractivity contribution >= 4 is 11.9 Å². The Balaban J connectivity index is 1.89. The second-order valence-electron chi connectivity index (χ2n) is 9.45. The number of aryl methyl sites for hydroxylation is 2. The number of esters is 2. The first-order valence-corrected chi connectivity index (χ1v) is 12.7. The molecule has 0 heterocycles. The van der Waals surface area contributed by atoms with Gasteiger partial charge >= 0.3 is 11.9 Å². The van der Waals surface area contributed by atoms with Crippen molar-refractivity contribution in [3.63, 3.8) is 0 Å². The lowest BCUT2D eigenvalue weighted by atomic mass is 9.67. The van der Waals surface area contributed by atoms with Gasteiger partial charge in [-0.2, -0.15) is 0 Å². The molecular weight excluding hydrogens is 460 g/mol. The van der Waals surface area contributed by atoms with Gasteiger partial charge in [0.25, 0.3) is 0 Å². The molecule has 4 nitrogen and oxygen atoms in total. The van der Waals surface area contributed by atoms with Crippen LogP contribution in [0.4, 0.5) is 0 Å². The van der Waals surface area contributed by atoms with Crippen LogP contribution in [0.1, 0.15) is 67.9 Å². The van der Waals surface area contributed by atoms with E-state index < -0.39 is 5.41 Å². The Morgan fingerprint density at radius 2 is 1.05 bits per heavy atom. The van der Waals surface area contributed by atoms with E-state index in [2.05, 4.69) is 62.4 Å². The standard InChI is InChI=1S/C33H30O4/c1-5-36-31(34)23-9-7-11-25(19-23)33(26-12-8-10-24(20-26)32(35)37-6-2)29-17-21(3)13-15-27(29)28-16-14-22(4)18-30(28)33/h7-20H,5-6H2,1-4H3. The Morgan fingerprint density at radius 3 is 1.46 bits per heavy atom. The molecule has 5 rings (SSSR count). The van der Waals surface area contributed by atoms with Gasteiger partial charge in [0.1, 0.15) is 0 Å². The van der Waals surface area contributed by atoms with Crippen molar-refractivity contribution in [2.24, 2.45) is 0 Å². The van der Waals surface area contributed by atoms with E-state index in [0.717, 1.165) is 44.5 Å². The van der Waals surface area contributed by atoms with Crippen LogP contribution in [0.2, 0.25) is 0 Å². The summed E-state index contributed by atoms with van der Waals surface area (Å²) in [5, 5.41) is 0. The summed E-state index contributed by atoms with van der Waals surface area (Å²) in [5.74, 6) is -0.710. The second kappa shape index (κ2) is 9.70. The van der Waals surface area contributed by atoms with Crippen molar-refractivity contribution in [2.45, 2.75) is 33.1 Å². The van der Waals surface area contributed by atoms with Crippen LogP contribution in [0, 0.1) is 13.8 Å². The predicted molar refractivity (Wildman–Crippen MR) is 145 cm³/mol. The monoisotopic (exact) mass is 490 g/mol. The van der Waals surface area contributed by atoms with Crippen LogP contribution in [-0.4, -0.2) is 25.2 Å². The van der Waals surface area contributed by atoms with E-state index >= 15 is 0 Å². The van der Waals surface area contributed by atoms with E-state index in [9.17, 15) is 9.59 Å². The maximum absolute atomic E-state index is 12.8. The smallest absolute Gasteiger partial charge is 0.338 e. The zero-order valence-electron chi connectivity index (χ0n) is 21.6. The maximum atomic E-state index is 12.8. The highest BCUT2D eigenvalue weighted by Crippen LogP contribution is 2.56. The molecule has 0 radical (unpaired) electrons. The van der Waals surface area contributed by atoms with Crippen LogP contribution in [-0.2, 0) is 14.9 Å². The number of hydrogen-bond donors (Lipinski definition) is 0. The number of hydrogen-bond acceptors (Lipinski definition) is 4. The fourth-order valence-corrected chi connectivity index (χ4v) is 5.53. The fraction of sp³-hybridized carbons (Fsp3) is 0.212. The highest BCUT2D eigenvalue weighted by Gasteiger charge is 2.46. The number of ether oxygens (including phenoxy) is 2. The minimum absolute atomic E-state index is 0.305.